The molecule has 1 rings (SSSR count). The van der Waals surface area contributed by atoms with Gasteiger partial charge in [0.15, 0.2) is 0 Å². The van der Waals surface area contributed by atoms with Crippen LogP contribution in [-0.2, 0) is 4.79 Å². The summed E-state index contributed by atoms with van der Waals surface area (Å²) in [4.78, 5) is 14.0. The first-order chi connectivity index (χ1) is 6.33. The monoisotopic (exact) mass is 241 g/mol. The summed E-state index contributed by atoms with van der Waals surface area (Å²) in [6.07, 6.45) is 3.79. The molecule has 1 aromatic rings. The molecule has 0 aromatic carbocycles. The van der Waals surface area contributed by atoms with Gasteiger partial charge in [0, 0.05) is 0 Å². The van der Waals surface area contributed by atoms with Crippen LogP contribution in [0.4, 0.5) is 0 Å². The van der Waals surface area contributed by atoms with Crippen LogP contribution in [0.15, 0.2) is 28.9 Å². The lowest BCUT2D eigenvalue weighted by Crippen LogP contribution is -1.79. The van der Waals surface area contributed by atoms with E-state index < -0.39 is 0 Å². The molecule has 0 aliphatic heterocycles. The van der Waals surface area contributed by atoms with Crippen LogP contribution in [0.5, 0.6) is 0 Å². The smallest absolute Gasteiger partial charge is 0.142 e. The van der Waals surface area contributed by atoms with Gasteiger partial charge in [-0.2, -0.15) is 0 Å². The number of hydrogen-bond acceptors (Lipinski definition) is 2. The Morgan fingerprint density at radius 2 is 2.08 bits per heavy atom. The van der Waals surface area contributed by atoms with E-state index in [0.717, 1.165) is 16.6 Å². The molecule has 0 aliphatic rings. The Balaban J connectivity index is 0.000000671. The maximum absolute atomic E-state index is 9.94. The quantitative estimate of drug-likeness (QED) is 0.453. The second-order valence-corrected chi connectivity index (χ2v) is 2.69. The summed E-state index contributed by atoms with van der Waals surface area (Å²) >= 11 is 3.22. The van der Waals surface area contributed by atoms with Crippen LogP contribution in [-0.4, -0.2) is 11.3 Å². The molecule has 1 heterocycles. The van der Waals surface area contributed by atoms with E-state index >= 15 is 0 Å². The molecule has 0 N–H and O–H groups in total. The second-order valence-electron chi connectivity index (χ2n) is 1.88. The summed E-state index contributed by atoms with van der Waals surface area (Å²) in [7, 11) is 0. The average Bonchev–Trinajstić information content (AvgIpc) is 2.18. The predicted molar refractivity (Wildman–Crippen MR) is 58.4 cm³/mol. The predicted octanol–water partition coefficient (Wildman–Crippen LogP) is 3.08. The molecule has 13 heavy (non-hydrogen) atoms. The molecule has 0 aliphatic carbocycles. The van der Waals surface area contributed by atoms with E-state index in [-0.39, 0.29) is 0 Å². The third-order valence-electron chi connectivity index (χ3n) is 1.08. The van der Waals surface area contributed by atoms with Crippen LogP contribution >= 0.6 is 15.9 Å². The third-order valence-corrected chi connectivity index (χ3v) is 1.52. The minimum Gasteiger partial charge on any atom is -0.299 e. The van der Waals surface area contributed by atoms with Gasteiger partial charge in [0.05, 0.1) is 5.69 Å². The minimum absolute atomic E-state index is 0.725. The molecule has 0 amide bonds. The fraction of sp³-hybridized carbons (Fsp3) is 0.200. The van der Waals surface area contributed by atoms with Gasteiger partial charge in [-0.3, -0.25) is 4.79 Å². The minimum atomic E-state index is 0.725. The van der Waals surface area contributed by atoms with Crippen LogP contribution in [0.3, 0.4) is 0 Å². The molecule has 2 nitrogen and oxygen atoms in total. The fourth-order valence-electron chi connectivity index (χ4n) is 0.655. The summed E-state index contributed by atoms with van der Waals surface area (Å²) in [5, 5.41) is 0. The first-order valence-corrected chi connectivity index (χ1v) is 4.86. The molecule has 0 bridgehead atoms. The molecular formula is C10H12BrNO. The summed E-state index contributed by atoms with van der Waals surface area (Å²) in [5.41, 5.74) is 0.770. The van der Waals surface area contributed by atoms with Crippen molar-refractivity contribution in [2.75, 3.05) is 0 Å². The number of allylic oxidation sites excluding steroid dienone is 1. The molecule has 0 atom stereocenters. The molecule has 70 valence electrons. The lowest BCUT2D eigenvalue weighted by atomic mass is 10.3. The Morgan fingerprint density at radius 3 is 2.62 bits per heavy atom. The maximum Gasteiger partial charge on any atom is 0.142 e. The van der Waals surface area contributed by atoms with Crippen LogP contribution in [0.2, 0.25) is 0 Å². The molecule has 1 aromatic heterocycles. The topological polar surface area (TPSA) is 30.0 Å². The Morgan fingerprint density at radius 1 is 1.38 bits per heavy atom. The largest absolute Gasteiger partial charge is 0.299 e. The molecule has 0 spiro atoms. The molecule has 3 heteroatoms. The van der Waals surface area contributed by atoms with Crippen LogP contribution in [0.25, 0.3) is 6.08 Å². The molecule has 0 saturated heterocycles. The number of aromatic nitrogens is 1. The van der Waals surface area contributed by atoms with Gasteiger partial charge < -0.3 is 0 Å². The van der Waals surface area contributed by atoms with Crippen LogP contribution in [0.1, 0.15) is 19.5 Å². The molecule has 0 fully saturated rings. The molecule has 0 unspecified atom stereocenters. The summed E-state index contributed by atoms with van der Waals surface area (Å²) in [6, 6.07) is 5.52. The van der Waals surface area contributed by atoms with Gasteiger partial charge in [0.2, 0.25) is 0 Å². The normalized spacial score (nSPS) is 9.15. The van der Waals surface area contributed by atoms with Gasteiger partial charge in [-0.15, -0.1) is 0 Å². The fourth-order valence-corrected chi connectivity index (χ4v) is 1.01. The zero-order valence-corrected chi connectivity index (χ0v) is 9.28. The van der Waals surface area contributed by atoms with Crippen molar-refractivity contribution < 1.29 is 4.79 Å². The van der Waals surface area contributed by atoms with Gasteiger partial charge in [-0.25, -0.2) is 4.98 Å². The number of carbonyl (C=O) groups excluding carboxylic acids is 1. The SMILES string of the molecule is CC.O=C/C=C/c1cccc(Br)n1. The number of halogens is 1. The Labute approximate surface area is 86.8 Å². The van der Waals surface area contributed by atoms with Gasteiger partial charge in [0.1, 0.15) is 10.9 Å². The first-order valence-electron chi connectivity index (χ1n) is 4.07. The number of nitrogens with zero attached hydrogens (tertiary/aromatic N) is 1. The Kier molecular flexibility index (Phi) is 7.11. The lowest BCUT2D eigenvalue weighted by molar-refractivity contribution is -0.104. The van der Waals surface area contributed by atoms with Gasteiger partial charge in [-0.05, 0) is 40.2 Å². The molecular weight excluding hydrogens is 230 g/mol. The highest BCUT2D eigenvalue weighted by Crippen LogP contribution is 2.06. The Hall–Kier alpha value is -0.960. The highest BCUT2D eigenvalue weighted by Gasteiger charge is 1.88. The number of hydrogen-bond donors (Lipinski definition) is 0. The van der Waals surface area contributed by atoms with Crippen molar-refractivity contribution in [3.8, 4) is 0 Å². The summed E-state index contributed by atoms with van der Waals surface area (Å²) in [6.45, 7) is 4.00. The number of pyridine rings is 1. The highest BCUT2D eigenvalue weighted by molar-refractivity contribution is 9.10. The van der Waals surface area contributed by atoms with E-state index in [1.165, 1.54) is 6.08 Å². The van der Waals surface area contributed by atoms with Crippen molar-refractivity contribution in [2.24, 2.45) is 0 Å². The summed E-state index contributed by atoms with van der Waals surface area (Å²) in [5.74, 6) is 0. The second kappa shape index (κ2) is 7.68. The van der Waals surface area contributed by atoms with Crippen molar-refractivity contribution in [3.05, 3.63) is 34.6 Å². The van der Waals surface area contributed by atoms with E-state index in [9.17, 15) is 4.79 Å². The van der Waals surface area contributed by atoms with Gasteiger partial charge >= 0.3 is 0 Å². The maximum atomic E-state index is 9.94. The van der Waals surface area contributed by atoms with Crippen molar-refractivity contribution in [3.63, 3.8) is 0 Å². The third kappa shape index (κ3) is 5.31. The van der Waals surface area contributed by atoms with Crippen molar-refractivity contribution in [1.82, 2.24) is 4.98 Å². The van der Waals surface area contributed by atoms with E-state index in [1.807, 2.05) is 32.0 Å². The van der Waals surface area contributed by atoms with Crippen molar-refractivity contribution >= 4 is 28.3 Å². The van der Waals surface area contributed by atoms with E-state index in [0.29, 0.717) is 0 Å². The van der Waals surface area contributed by atoms with Crippen LogP contribution < -0.4 is 0 Å². The van der Waals surface area contributed by atoms with Crippen molar-refractivity contribution in [1.29, 1.82) is 0 Å². The van der Waals surface area contributed by atoms with Crippen molar-refractivity contribution in [2.45, 2.75) is 13.8 Å². The zero-order valence-electron chi connectivity index (χ0n) is 7.70. The number of rotatable bonds is 2. The lowest BCUT2D eigenvalue weighted by Gasteiger charge is -1.90. The standard InChI is InChI=1S/C8H6BrNO.C2H6/c9-8-5-1-3-7(10-8)4-2-6-11;1-2/h1-6H;1-2H3/b4-2+;. The van der Waals surface area contributed by atoms with E-state index in [2.05, 4.69) is 20.9 Å². The molecule has 0 radical (unpaired) electrons. The number of carbonyl (C=O) groups is 1. The van der Waals surface area contributed by atoms with Crippen LogP contribution in [0, 0.1) is 0 Å². The highest BCUT2D eigenvalue weighted by atomic mass is 79.9. The van der Waals surface area contributed by atoms with Gasteiger partial charge in [0.25, 0.3) is 0 Å². The van der Waals surface area contributed by atoms with E-state index in [1.54, 1.807) is 6.08 Å². The van der Waals surface area contributed by atoms with Gasteiger partial charge in [-0.1, -0.05) is 19.9 Å². The molecule has 0 saturated carbocycles. The number of aldehydes is 1. The average molecular weight is 242 g/mol. The first kappa shape index (κ1) is 12.0. The summed E-state index contributed by atoms with van der Waals surface area (Å²) < 4.78 is 0.769. The zero-order chi connectivity index (χ0) is 10.1. The Bertz CT molecular complexity index is 284. The van der Waals surface area contributed by atoms with E-state index in [4.69, 9.17) is 0 Å².